The third-order valence-corrected chi connectivity index (χ3v) is 4.79. The summed E-state index contributed by atoms with van der Waals surface area (Å²) in [7, 11) is 0. The van der Waals surface area contributed by atoms with Crippen molar-refractivity contribution in [3.8, 4) is 0 Å². The van der Waals surface area contributed by atoms with Gasteiger partial charge in [-0.05, 0) is 23.6 Å². The summed E-state index contributed by atoms with van der Waals surface area (Å²) in [6, 6.07) is 14.8. The molecular formula is C20H18N4O3. The van der Waals surface area contributed by atoms with Gasteiger partial charge in [-0.1, -0.05) is 42.5 Å². The van der Waals surface area contributed by atoms with Crippen LogP contribution in [-0.2, 0) is 17.8 Å². The van der Waals surface area contributed by atoms with Crippen LogP contribution in [-0.4, -0.2) is 40.0 Å². The maximum atomic E-state index is 12.5. The number of benzene rings is 2. The second kappa shape index (κ2) is 7.03. The highest BCUT2D eigenvalue weighted by Gasteiger charge is 2.21. The number of nitrogens with one attached hydrogen (secondary N) is 2. The van der Waals surface area contributed by atoms with Crippen LogP contribution in [0.15, 0.2) is 53.3 Å². The molecule has 0 unspecified atom stereocenters. The molecule has 1 aliphatic rings. The summed E-state index contributed by atoms with van der Waals surface area (Å²) in [5, 5.41) is 9.64. The lowest BCUT2D eigenvalue weighted by Crippen LogP contribution is -2.42. The molecule has 1 aliphatic heterocycles. The van der Waals surface area contributed by atoms with E-state index in [1.165, 1.54) is 5.56 Å². The number of H-pyrrole nitrogens is 1. The first-order valence-electron chi connectivity index (χ1n) is 8.73. The molecule has 4 rings (SSSR count). The zero-order valence-electron chi connectivity index (χ0n) is 14.6. The normalized spacial score (nSPS) is 13.3. The number of nitrogens with zero attached hydrogens (tertiary/aromatic N) is 2. The fraction of sp³-hybridized carbons (Fsp3) is 0.200. The van der Waals surface area contributed by atoms with Gasteiger partial charge in [0.1, 0.15) is 0 Å². The minimum absolute atomic E-state index is 0.0991. The van der Waals surface area contributed by atoms with Crippen LogP contribution in [0, 0.1) is 0 Å². The van der Waals surface area contributed by atoms with E-state index in [0.717, 1.165) is 12.0 Å². The Labute approximate surface area is 155 Å². The Bertz CT molecular complexity index is 1090. The van der Waals surface area contributed by atoms with Crippen molar-refractivity contribution in [1.82, 2.24) is 20.4 Å². The predicted molar refractivity (Wildman–Crippen MR) is 100 cm³/mol. The van der Waals surface area contributed by atoms with Gasteiger partial charge < -0.3 is 10.2 Å². The maximum absolute atomic E-state index is 12.5. The van der Waals surface area contributed by atoms with E-state index in [4.69, 9.17) is 0 Å². The lowest BCUT2D eigenvalue weighted by atomic mass is 10.00. The van der Waals surface area contributed by atoms with Crippen LogP contribution < -0.4 is 10.9 Å². The van der Waals surface area contributed by atoms with Crippen molar-refractivity contribution in [1.29, 1.82) is 0 Å². The molecule has 0 fully saturated rings. The van der Waals surface area contributed by atoms with Gasteiger partial charge >= 0.3 is 0 Å². The average molecular weight is 362 g/mol. The number of aromatic nitrogens is 2. The molecule has 0 spiro atoms. The van der Waals surface area contributed by atoms with E-state index < -0.39 is 5.91 Å². The topological polar surface area (TPSA) is 95.2 Å². The summed E-state index contributed by atoms with van der Waals surface area (Å²) in [5.74, 6) is -0.639. The summed E-state index contributed by atoms with van der Waals surface area (Å²) in [5.41, 5.74) is 2.14. The maximum Gasteiger partial charge on any atom is 0.272 e. The fourth-order valence-electron chi connectivity index (χ4n) is 3.35. The predicted octanol–water partition coefficient (Wildman–Crippen LogP) is 1.24. The van der Waals surface area contributed by atoms with E-state index in [-0.39, 0.29) is 23.7 Å². The van der Waals surface area contributed by atoms with Crippen molar-refractivity contribution in [3.05, 3.63) is 75.7 Å². The molecule has 2 heterocycles. The van der Waals surface area contributed by atoms with Gasteiger partial charge in [0.25, 0.3) is 11.5 Å². The number of hydrogen-bond acceptors (Lipinski definition) is 4. The largest absolute Gasteiger partial charge is 0.342 e. The number of aromatic amines is 1. The van der Waals surface area contributed by atoms with Crippen LogP contribution in [0.1, 0.15) is 21.6 Å². The highest BCUT2D eigenvalue weighted by Crippen LogP contribution is 2.18. The molecule has 3 aromatic rings. The summed E-state index contributed by atoms with van der Waals surface area (Å²) in [6.07, 6.45) is 0.808. The Balaban J connectivity index is 1.45. The van der Waals surface area contributed by atoms with Crippen molar-refractivity contribution < 1.29 is 9.59 Å². The third kappa shape index (κ3) is 3.31. The Morgan fingerprint density at radius 1 is 1.04 bits per heavy atom. The van der Waals surface area contributed by atoms with E-state index in [2.05, 4.69) is 21.6 Å². The zero-order chi connectivity index (χ0) is 18.8. The van der Waals surface area contributed by atoms with Crippen LogP contribution in [0.2, 0.25) is 0 Å². The molecule has 2 aromatic carbocycles. The summed E-state index contributed by atoms with van der Waals surface area (Å²) >= 11 is 0. The van der Waals surface area contributed by atoms with Gasteiger partial charge in [-0.2, -0.15) is 5.10 Å². The molecule has 1 aromatic heterocycles. The molecule has 0 atom stereocenters. The van der Waals surface area contributed by atoms with Crippen LogP contribution in [0.5, 0.6) is 0 Å². The molecule has 0 aliphatic carbocycles. The monoisotopic (exact) mass is 362 g/mol. The number of carbonyl (C=O) groups excluding carboxylic acids is 2. The van der Waals surface area contributed by atoms with Crippen LogP contribution >= 0.6 is 0 Å². The van der Waals surface area contributed by atoms with Gasteiger partial charge in [0.05, 0.1) is 11.9 Å². The standard InChI is InChI=1S/C20H18N4O3/c25-17(24-10-9-13-5-1-2-6-14(13)12-24)11-21-20(27)18-15-7-3-4-8-16(15)19(26)23-22-18/h1-8H,9-12H2,(H,21,27)(H,23,26). The molecule has 27 heavy (non-hydrogen) atoms. The highest BCUT2D eigenvalue weighted by atomic mass is 16.2. The summed E-state index contributed by atoms with van der Waals surface area (Å²) in [6.45, 7) is 1.06. The van der Waals surface area contributed by atoms with Gasteiger partial charge in [-0.25, -0.2) is 5.10 Å². The first kappa shape index (κ1) is 17.0. The van der Waals surface area contributed by atoms with Crippen LogP contribution in [0.3, 0.4) is 0 Å². The Kier molecular flexibility index (Phi) is 4.42. The Morgan fingerprint density at radius 2 is 1.74 bits per heavy atom. The first-order chi connectivity index (χ1) is 13.1. The number of rotatable bonds is 3. The smallest absolute Gasteiger partial charge is 0.272 e. The Hall–Kier alpha value is -3.48. The van der Waals surface area contributed by atoms with Gasteiger partial charge in [0.2, 0.25) is 5.91 Å². The number of hydrogen-bond donors (Lipinski definition) is 2. The molecule has 0 bridgehead atoms. The second-order valence-electron chi connectivity index (χ2n) is 6.46. The van der Waals surface area contributed by atoms with E-state index in [1.54, 1.807) is 29.2 Å². The van der Waals surface area contributed by atoms with Gasteiger partial charge in [0, 0.05) is 18.5 Å². The molecular weight excluding hydrogens is 344 g/mol. The van der Waals surface area contributed by atoms with Gasteiger partial charge in [0.15, 0.2) is 5.69 Å². The van der Waals surface area contributed by atoms with Crippen LogP contribution in [0.4, 0.5) is 0 Å². The second-order valence-corrected chi connectivity index (χ2v) is 6.46. The molecule has 7 nitrogen and oxygen atoms in total. The molecule has 0 saturated carbocycles. The lowest BCUT2D eigenvalue weighted by molar-refractivity contribution is -0.131. The third-order valence-electron chi connectivity index (χ3n) is 4.79. The van der Waals surface area contributed by atoms with E-state index in [1.807, 2.05) is 18.2 Å². The van der Waals surface area contributed by atoms with Crippen molar-refractivity contribution in [2.24, 2.45) is 0 Å². The number of carbonyl (C=O) groups is 2. The zero-order valence-corrected chi connectivity index (χ0v) is 14.6. The molecule has 0 saturated heterocycles. The minimum atomic E-state index is -0.492. The average Bonchev–Trinajstić information content (AvgIpc) is 2.72. The quantitative estimate of drug-likeness (QED) is 0.733. The molecule has 2 amide bonds. The fourth-order valence-corrected chi connectivity index (χ4v) is 3.35. The molecule has 2 N–H and O–H groups in total. The van der Waals surface area contributed by atoms with Crippen molar-refractivity contribution >= 4 is 22.6 Å². The van der Waals surface area contributed by atoms with Crippen molar-refractivity contribution in [3.63, 3.8) is 0 Å². The van der Waals surface area contributed by atoms with Gasteiger partial charge in [-0.15, -0.1) is 0 Å². The van der Waals surface area contributed by atoms with Crippen molar-refractivity contribution in [2.45, 2.75) is 13.0 Å². The SMILES string of the molecule is O=C(NCC(=O)N1CCc2ccccc2C1)c1n[nH]c(=O)c2ccccc12. The number of amides is 2. The lowest BCUT2D eigenvalue weighted by Gasteiger charge is -2.29. The molecule has 136 valence electrons. The summed E-state index contributed by atoms with van der Waals surface area (Å²) < 4.78 is 0. The van der Waals surface area contributed by atoms with E-state index in [0.29, 0.717) is 23.9 Å². The van der Waals surface area contributed by atoms with E-state index >= 15 is 0 Å². The van der Waals surface area contributed by atoms with E-state index in [9.17, 15) is 14.4 Å². The number of fused-ring (bicyclic) bond motifs is 2. The van der Waals surface area contributed by atoms with Crippen LogP contribution in [0.25, 0.3) is 10.8 Å². The summed E-state index contributed by atoms with van der Waals surface area (Å²) in [4.78, 5) is 38.5. The molecule has 7 heteroatoms. The first-order valence-corrected chi connectivity index (χ1v) is 8.73. The minimum Gasteiger partial charge on any atom is -0.342 e. The highest BCUT2D eigenvalue weighted by molar-refractivity contribution is 6.05. The van der Waals surface area contributed by atoms with Gasteiger partial charge in [-0.3, -0.25) is 14.4 Å². The molecule has 0 radical (unpaired) electrons. The Morgan fingerprint density at radius 3 is 2.56 bits per heavy atom. The van der Waals surface area contributed by atoms with Crippen molar-refractivity contribution in [2.75, 3.05) is 13.1 Å².